The van der Waals surface area contributed by atoms with Crippen molar-refractivity contribution in [3.63, 3.8) is 0 Å². The van der Waals surface area contributed by atoms with E-state index >= 15 is 0 Å². The van der Waals surface area contributed by atoms with Crippen LogP contribution in [0.15, 0.2) is 29.2 Å². The minimum atomic E-state index is -2.55. The van der Waals surface area contributed by atoms with Crippen LogP contribution in [0.2, 0.25) is 0 Å². The van der Waals surface area contributed by atoms with Crippen LogP contribution in [-0.4, -0.2) is 45.0 Å². The first-order valence-corrected chi connectivity index (χ1v) is 8.46. The zero-order valence-corrected chi connectivity index (χ0v) is 15.2. The topological polar surface area (TPSA) is 50.4 Å². The van der Waals surface area contributed by atoms with Crippen molar-refractivity contribution in [3.05, 3.63) is 29.8 Å². The number of alkyl halides is 2. The van der Waals surface area contributed by atoms with E-state index in [-0.39, 0.29) is 23.7 Å². The van der Waals surface area contributed by atoms with Gasteiger partial charge in [-0.15, -0.1) is 12.4 Å². The highest BCUT2D eigenvalue weighted by atomic mass is 35.5. The fourth-order valence-corrected chi connectivity index (χ4v) is 3.49. The standard InChI is InChI=1S/C16H22F2N2O2S.ClH/c1-22-11-16(6-8-19-9-7-16)10-20-14(21)12-4-2-3-5-13(12)23-15(17)18;/h2-5,15,19H,6-11H2,1H3,(H,20,21);1H. The lowest BCUT2D eigenvalue weighted by atomic mass is 9.79. The van der Waals surface area contributed by atoms with E-state index in [1.54, 1.807) is 31.4 Å². The molecule has 0 radical (unpaired) electrons. The largest absolute Gasteiger partial charge is 0.384 e. The molecular weight excluding hydrogens is 358 g/mol. The van der Waals surface area contributed by atoms with Gasteiger partial charge < -0.3 is 15.4 Å². The molecule has 8 heteroatoms. The maximum absolute atomic E-state index is 12.6. The summed E-state index contributed by atoms with van der Waals surface area (Å²) >= 11 is 0.395. The molecule has 136 valence electrons. The van der Waals surface area contributed by atoms with E-state index in [0.717, 1.165) is 25.9 Å². The number of ether oxygens (including phenoxy) is 1. The monoisotopic (exact) mass is 380 g/mol. The third-order valence-corrected chi connectivity index (χ3v) is 4.87. The Balaban J connectivity index is 0.00000288. The fourth-order valence-electron chi connectivity index (χ4n) is 2.85. The fraction of sp³-hybridized carbons (Fsp3) is 0.562. The molecule has 0 bridgehead atoms. The molecule has 1 heterocycles. The SMILES string of the molecule is COCC1(CNC(=O)c2ccccc2SC(F)F)CCNCC1.Cl. The van der Waals surface area contributed by atoms with Gasteiger partial charge in [-0.3, -0.25) is 4.79 Å². The molecule has 1 aliphatic rings. The summed E-state index contributed by atoms with van der Waals surface area (Å²) in [5, 5.41) is 6.20. The Hall–Kier alpha value is -0.890. The molecule has 0 atom stereocenters. The Bertz CT molecular complexity index is 523. The normalized spacial score (nSPS) is 16.5. The van der Waals surface area contributed by atoms with Gasteiger partial charge in [0.25, 0.3) is 11.7 Å². The third-order valence-electron chi connectivity index (χ3n) is 4.09. The number of piperidine rings is 1. The molecule has 0 spiro atoms. The zero-order valence-electron chi connectivity index (χ0n) is 13.5. The van der Waals surface area contributed by atoms with E-state index in [2.05, 4.69) is 10.6 Å². The van der Waals surface area contributed by atoms with Gasteiger partial charge in [-0.1, -0.05) is 23.9 Å². The van der Waals surface area contributed by atoms with Crippen molar-refractivity contribution in [2.24, 2.45) is 5.41 Å². The average Bonchev–Trinajstić information content (AvgIpc) is 2.54. The number of amides is 1. The first kappa shape index (κ1) is 21.2. The number of carbonyl (C=O) groups excluding carboxylic acids is 1. The summed E-state index contributed by atoms with van der Waals surface area (Å²) in [5.41, 5.74) is 0.194. The third kappa shape index (κ3) is 5.88. The van der Waals surface area contributed by atoms with Crippen LogP contribution < -0.4 is 10.6 Å². The summed E-state index contributed by atoms with van der Waals surface area (Å²) in [7, 11) is 1.65. The van der Waals surface area contributed by atoms with Gasteiger partial charge in [-0.05, 0) is 38.1 Å². The molecule has 0 aromatic heterocycles. The average molecular weight is 381 g/mol. The number of thioether (sulfide) groups is 1. The predicted octanol–water partition coefficient (Wildman–Crippen LogP) is 3.17. The highest BCUT2D eigenvalue weighted by molar-refractivity contribution is 7.99. The molecular formula is C16H23ClF2N2O2S. The molecule has 0 aliphatic carbocycles. The second kappa shape index (κ2) is 10.2. The first-order chi connectivity index (χ1) is 11.1. The molecule has 1 aromatic rings. The lowest BCUT2D eigenvalue weighted by Crippen LogP contribution is -2.47. The molecule has 1 aliphatic heterocycles. The Morgan fingerprint density at radius 2 is 2.04 bits per heavy atom. The van der Waals surface area contributed by atoms with Gasteiger partial charge in [0.2, 0.25) is 0 Å². The lowest BCUT2D eigenvalue weighted by Gasteiger charge is -2.37. The number of halogens is 3. The smallest absolute Gasteiger partial charge is 0.288 e. The number of benzene rings is 1. The Morgan fingerprint density at radius 1 is 1.38 bits per heavy atom. The van der Waals surface area contributed by atoms with E-state index in [0.29, 0.717) is 35.4 Å². The number of rotatable bonds is 7. The van der Waals surface area contributed by atoms with Crippen molar-refractivity contribution in [1.82, 2.24) is 10.6 Å². The van der Waals surface area contributed by atoms with Crippen LogP contribution in [0, 0.1) is 5.41 Å². The number of methoxy groups -OCH3 is 1. The van der Waals surface area contributed by atoms with Gasteiger partial charge in [0, 0.05) is 24.0 Å². The quantitative estimate of drug-likeness (QED) is 0.713. The Kier molecular flexibility index (Phi) is 8.97. The zero-order chi connectivity index (χ0) is 16.7. The molecule has 1 saturated heterocycles. The lowest BCUT2D eigenvalue weighted by molar-refractivity contribution is 0.0511. The highest BCUT2D eigenvalue weighted by Gasteiger charge is 2.32. The minimum Gasteiger partial charge on any atom is -0.384 e. The summed E-state index contributed by atoms with van der Waals surface area (Å²) in [6, 6.07) is 6.45. The van der Waals surface area contributed by atoms with Gasteiger partial charge in [-0.25, -0.2) is 0 Å². The molecule has 2 N–H and O–H groups in total. The Morgan fingerprint density at radius 3 is 2.67 bits per heavy atom. The summed E-state index contributed by atoms with van der Waals surface area (Å²) in [6.45, 7) is 2.82. The van der Waals surface area contributed by atoms with E-state index in [1.807, 2.05) is 0 Å². The van der Waals surface area contributed by atoms with Crippen molar-refractivity contribution in [2.45, 2.75) is 23.5 Å². The minimum absolute atomic E-state index is 0. The second-order valence-electron chi connectivity index (χ2n) is 5.74. The molecule has 2 rings (SSSR count). The van der Waals surface area contributed by atoms with Gasteiger partial charge >= 0.3 is 0 Å². The van der Waals surface area contributed by atoms with Crippen molar-refractivity contribution in [2.75, 3.05) is 33.4 Å². The maximum Gasteiger partial charge on any atom is 0.288 e. The van der Waals surface area contributed by atoms with Crippen LogP contribution in [0.25, 0.3) is 0 Å². The van der Waals surface area contributed by atoms with Crippen molar-refractivity contribution < 1.29 is 18.3 Å². The van der Waals surface area contributed by atoms with E-state index in [4.69, 9.17) is 4.74 Å². The van der Waals surface area contributed by atoms with Crippen LogP contribution >= 0.6 is 24.2 Å². The summed E-state index contributed by atoms with van der Waals surface area (Å²) in [6.07, 6.45) is 1.82. The van der Waals surface area contributed by atoms with Gasteiger partial charge in [0.05, 0.1) is 12.2 Å². The van der Waals surface area contributed by atoms with Crippen molar-refractivity contribution >= 4 is 30.1 Å². The number of hydrogen-bond donors (Lipinski definition) is 2. The van der Waals surface area contributed by atoms with Crippen molar-refractivity contribution in [1.29, 1.82) is 0 Å². The molecule has 24 heavy (non-hydrogen) atoms. The van der Waals surface area contributed by atoms with Gasteiger partial charge in [0.1, 0.15) is 0 Å². The first-order valence-electron chi connectivity index (χ1n) is 7.58. The molecule has 1 fully saturated rings. The maximum atomic E-state index is 12.6. The van der Waals surface area contributed by atoms with Crippen LogP contribution in [0.5, 0.6) is 0 Å². The van der Waals surface area contributed by atoms with Crippen LogP contribution in [0.3, 0.4) is 0 Å². The molecule has 0 unspecified atom stereocenters. The van der Waals surface area contributed by atoms with E-state index < -0.39 is 5.76 Å². The predicted molar refractivity (Wildman–Crippen MR) is 94.3 cm³/mol. The van der Waals surface area contributed by atoms with Crippen molar-refractivity contribution in [3.8, 4) is 0 Å². The summed E-state index contributed by atoms with van der Waals surface area (Å²) in [5.74, 6) is -2.86. The number of nitrogens with one attached hydrogen (secondary N) is 2. The van der Waals surface area contributed by atoms with Crippen LogP contribution in [0.1, 0.15) is 23.2 Å². The summed E-state index contributed by atoms with van der Waals surface area (Å²) in [4.78, 5) is 12.7. The Labute approximate surface area is 151 Å². The second-order valence-corrected chi connectivity index (χ2v) is 6.77. The van der Waals surface area contributed by atoms with Gasteiger partial charge in [-0.2, -0.15) is 8.78 Å². The van der Waals surface area contributed by atoms with Crippen LogP contribution in [0.4, 0.5) is 8.78 Å². The molecule has 4 nitrogen and oxygen atoms in total. The summed E-state index contributed by atoms with van der Waals surface area (Å²) < 4.78 is 30.5. The van der Waals surface area contributed by atoms with E-state index in [1.165, 1.54) is 0 Å². The number of hydrogen-bond acceptors (Lipinski definition) is 4. The molecule has 1 amide bonds. The number of carbonyl (C=O) groups is 1. The highest BCUT2D eigenvalue weighted by Crippen LogP contribution is 2.30. The molecule has 0 saturated carbocycles. The van der Waals surface area contributed by atoms with Gasteiger partial charge in [0.15, 0.2) is 0 Å². The van der Waals surface area contributed by atoms with E-state index in [9.17, 15) is 13.6 Å². The molecule has 1 aromatic carbocycles. The van der Waals surface area contributed by atoms with Crippen LogP contribution in [-0.2, 0) is 4.74 Å².